The van der Waals surface area contributed by atoms with E-state index in [4.69, 9.17) is 9.51 Å². The Balaban J connectivity index is 1.31. The smallest absolute Gasteiger partial charge is 0.138 e. The molecule has 4 rings (SSSR count). The van der Waals surface area contributed by atoms with E-state index in [-0.39, 0.29) is 0 Å². The van der Waals surface area contributed by atoms with Crippen LogP contribution in [0.25, 0.3) is 10.6 Å². The Morgan fingerprint density at radius 3 is 2.35 bits per heavy atom. The number of hydrogen-bond donors (Lipinski definition) is 0. The molecule has 0 atom stereocenters. The Labute approximate surface area is 158 Å². The molecule has 0 unspecified atom stereocenters. The number of benzene rings is 1. The monoisotopic (exact) mass is 368 g/mol. The molecular weight excluding hydrogens is 344 g/mol. The summed E-state index contributed by atoms with van der Waals surface area (Å²) < 4.78 is 5.28. The minimum Gasteiger partial charge on any atom is -0.361 e. The van der Waals surface area contributed by atoms with E-state index in [1.54, 1.807) is 11.3 Å². The standard InChI is InChI=1S/C20H24N4OS/c1-15-19(16(2)25-22-15)13-24-10-8-23(9-11-24)12-18-14-26-20(21-18)17-6-4-3-5-7-17/h3-7,14H,8-13H2,1-2H3. The molecule has 26 heavy (non-hydrogen) atoms. The van der Waals surface area contributed by atoms with Gasteiger partial charge < -0.3 is 4.52 Å². The molecule has 0 bridgehead atoms. The van der Waals surface area contributed by atoms with Crippen molar-refractivity contribution in [2.24, 2.45) is 0 Å². The van der Waals surface area contributed by atoms with Gasteiger partial charge in [0, 0.05) is 55.8 Å². The second kappa shape index (κ2) is 7.70. The van der Waals surface area contributed by atoms with Gasteiger partial charge in [-0.25, -0.2) is 4.98 Å². The second-order valence-electron chi connectivity index (χ2n) is 6.87. The summed E-state index contributed by atoms with van der Waals surface area (Å²) in [6.45, 7) is 10.2. The van der Waals surface area contributed by atoms with Crippen molar-refractivity contribution in [3.8, 4) is 10.6 Å². The fraction of sp³-hybridized carbons (Fsp3) is 0.400. The topological polar surface area (TPSA) is 45.4 Å². The fourth-order valence-electron chi connectivity index (χ4n) is 3.38. The predicted molar refractivity (Wildman–Crippen MR) is 104 cm³/mol. The van der Waals surface area contributed by atoms with Crippen LogP contribution in [0.2, 0.25) is 0 Å². The van der Waals surface area contributed by atoms with Crippen LogP contribution in [0.5, 0.6) is 0 Å². The zero-order chi connectivity index (χ0) is 17.9. The molecule has 3 aromatic rings. The lowest BCUT2D eigenvalue weighted by Gasteiger charge is -2.34. The minimum atomic E-state index is 0.933. The van der Waals surface area contributed by atoms with Crippen molar-refractivity contribution in [2.45, 2.75) is 26.9 Å². The molecule has 3 heterocycles. The third kappa shape index (κ3) is 3.87. The van der Waals surface area contributed by atoms with Crippen LogP contribution in [-0.2, 0) is 13.1 Å². The van der Waals surface area contributed by atoms with E-state index in [0.29, 0.717) is 0 Å². The van der Waals surface area contributed by atoms with Crippen molar-refractivity contribution in [2.75, 3.05) is 26.2 Å². The number of rotatable bonds is 5. The molecule has 1 aliphatic heterocycles. The largest absolute Gasteiger partial charge is 0.361 e. The molecule has 0 radical (unpaired) electrons. The highest BCUT2D eigenvalue weighted by atomic mass is 32.1. The first kappa shape index (κ1) is 17.4. The molecular formula is C20H24N4OS. The zero-order valence-electron chi connectivity index (χ0n) is 15.3. The lowest BCUT2D eigenvalue weighted by Crippen LogP contribution is -2.45. The third-order valence-corrected chi connectivity index (χ3v) is 5.93. The SMILES string of the molecule is Cc1noc(C)c1CN1CCN(Cc2csc(-c3ccccc3)n2)CC1. The van der Waals surface area contributed by atoms with Crippen molar-refractivity contribution in [1.29, 1.82) is 0 Å². The van der Waals surface area contributed by atoms with Gasteiger partial charge in [0.2, 0.25) is 0 Å². The average molecular weight is 369 g/mol. The van der Waals surface area contributed by atoms with Crippen LogP contribution in [0.15, 0.2) is 40.2 Å². The van der Waals surface area contributed by atoms with Gasteiger partial charge in [-0.1, -0.05) is 35.5 Å². The summed E-state index contributed by atoms with van der Waals surface area (Å²) >= 11 is 1.73. The molecule has 2 aromatic heterocycles. The molecule has 0 N–H and O–H groups in total. The van der Waals surface area contributed by atoms with Gasteiger partial charge in [0.25, 0.3) is 0 Å². The second-order valence-corrected chi connectivity index (χ2v) is 7.72. The molecule has 1 aliphatic rings. The van der Waals surface area contributed by atoms with Crippen LogP contribution in [0.4, 0.5) is 0 Å². The van der Waals surface area contributed by atoms with Crippen LogP contribution >= 0.6 is 11.3 Å². The van der Waals surface area contributed by atoms with Crippen LogP contribution in [0.1, 0.15) is 22.7 Å². The van der Waals surface area contributed by atoms with Gasteiger partial charge in [-0.2, -0.15) is 0 Å². The molecule has 1 fully saturated rings. The molecule has 6 heteroatoms. The molecule has 5 nitrogen and oxygen atoms in total. The van der Waals surface area contributed by atoms with Crippen LogP contribution in [0.3, 0.4) is 0 Å². The number of piperazine rings is 1. The van der Waals surface area contributed by atoms with Gasteiger partial charge in [-0.3, -0.25) is 9.80 Å². The predicted octanol–water partition coefficient (Wildman–Crippen LogP) is 3.73. The number of thiazole rings is 1. The van der Waals surface area contributed by atoms with Gasteiger partial charge in [-0.05, 0) is 13.8 Å². The first-order valence-corrected chi connectivity index (χ1v) is 9.93. The minimum absolute atomic E-state index is 0.933. The van der Waals surface area contributed by atoms with E-state index in [0.717, 1.165) is 55.7 Å². The maximum atomic E-state index is 5.28. The molecule has 0 aliphatic carbocycles. The highest BCUT2D eigenvalue weighted by molar-refractivity contribution is 7.13. The van der Waals surface area contributed by atoms with E-state index >= 15 is 0 Å². The molecule has 1 saturated heterocycles. The third-order valence-electron chi connectivity index (χ3n) is 4.99. The summed E-state index contributed by atoms with van der Waals surface area (Å²) in [4.78, 5) is 9.80. The lowest BCUT2D eigenvalue weighted by molar-refractivity contribution is 0.120. The fourth-order valence-corrected chi connectivity index (χ4v) is 4.20. The van der Waals surface area contributed by atoms with Gasteiger partial charge in [0.1, 0.15) is 10.8 Å². The number of aromatic nitrogens is 2. The van der Waals surface area contributed by atoms with Crippen molar-refractivity contribution in [3.05, 3.63) is 58.4 Å². The Morgan fingerprint density at radius 2 is 1.69 bits per heavy atom. The van der Waals surface area contributed by atoms with E-state index in [1.807, 2.05) is 19.9 Å². The zero-order valence-corrected chi connectivity index (χ0v) is 16.1. The first-order chi connectivity index (χ1) is 12.7. The van der Waals surface area contributed by atoms with Gasteiger partial charge in [0.05, 0.1) is 11.4 Å². The molecule has 1 aromatic carbocycles. The number of nitrogens with zero attached hydrogens (tertiary/aromatic N) is 4. The highest BCUT2D eigenvalue weighted by Gasteiger charge is 2.20. The van der Waals surface area contributed by atoms with Gasteiger partial charge in [-0.15, -0.1) is 11.3 Å². The van der Waals surface area contributed by atoms with Crippen molar-refractivity contribution < 1.29 is 4.52 Å². The lowest BCUT2D eigenvalue weighted by atomic mass is 10.2. The first-order valence-electron chi connectivity index (χ1n) is 9.05. The maximum Gasteiger partial charge on any atom is 0.138 e. The average Bonchev–Trinajstić information content (AvgIpc) is 3.26. The summed E-state index contributed by atoms with van der Waals surface area (Å²) in [5, 5.41) is 7.36. The van der Waals surface area contributed by atoms with Crippen LogP contribution in [-0.4, -0.2) is 46.1 Å². The van der Waals surface area contributed by atoms with Crippen LogP contribution < -0.4 is 0 Å². The van der Waals surface area contributed by atoms with Crippen molar-refractivity contribution in [3.63, 3.8) is 0 Å². The number of aryl methyl sites for hydroxylation is 2. The van der Waals surface area contributed by atoms with Crippen LogP contribution in [0, 0.1) is 13.8 Å². The van der Waals surface area contributed by atoms with E-state index in [9.17, 15) is 0 Å². The Bertz CT molecular complexity index is 830. The summed E-state index contributed by atoms with van der Waals surface area (Å²) in [5.74, 6) is 0.945. The highest BCUT2D eigenvalue weighted by Crippen LogP contribution is 2.24. The Kier molecular flexibility index (Phi) is 5.15. The summed E-state index contributed by atoms with van der Waals surface area (Å²) in [7, 11) is 0. The molecule has 136 valence electrons. The summed E-state index contributed by atoms with van der Waals surface area (Å²) in [6, 6.07) is 10.4. The van der Waals surface area contributed by atoms with Gasteiger partial charge in [0.15, 0.2) is 0 Å². The number of hydrogen-bond acceptors (Lipinski definition) is 6. The van der Waals surface area contributed by atoms with E-state index < -0.39 is 0 Å². The quantitative estimate of drug-likeness (QED) is 0.687. The normalized spacial score (nSPS) is 16.2. The maximum absolute atomic E-state index is 5.28. The molecule has 0 spiro atoms. The van der Waals surface area contributed by atoms with E-state index in [2.05, 4.69) is 44.6 Å². The summed E-state index contributed by atoms with van der Waals surface area (Å²) in [5.41, 5.74) is 4.63. The van der Waals surface area contributed by atoms with E-state index in [1.165, 1.54) is 16.8 Å². The van der Waals surface area contributed by atoms with Gasteiger partial charge >= 0.3 is 0 Å². The summed E-state index contributed by atoms with van der Waals surface area (Å²) in [6.07, 6.45) is 0. The van der Waals surface area contributed by atoms with Crippen molar-refractivity contribution in [1.82, 2.24) is 19.9 Å². The molecule has 0 saturated carbocycles. The Morgan fingerprint density at radius 1 is 1.00 bits per heavy atom. The molecule has 0 amide bonds. The van der Waals surface area contributed by atoms with Crippen molar-refractivity contribution >= 4 is 11.3 Å². The Hall–Kier alpha value is -2.02.